The minimum absolute atomic E-state index is 0.0822. The zero-order valence-corrected chi connectivity index (χ0v) is 10.6. The van der Waals surface area contributed by atoms with Gasteiger partial charge in [-0.05, 0) is 31.2 Å². The van der Waals surface area contributed by atoms with Crippen molar-refractivity contribution in [1.82, 2.24) is 4.98 Å². The van der Waals surface area contributed by atoms with E-state index in [2.05, 4.69) is 16.6 Å². The number of pyridine rings is 1. The second-order valence-corrected chi connectivity index (χ2v) is 5.61. The van der Waals surface area contributed by atoms with Crippen LogP contribution in [-0.2, 0) is 0 Å². The Kier molecular flexibility index (Phi) is 3.57. The van der Waals surface area contributed by atoms with Crippen molar-refractivity contribution in [3.63, 3.8) is 0 Å². The first-order chi connectivity index (χ1) is 8.15. The largest absolute Gasteiger partial charge is 0.477 e. The molecule has 2 N–H and O–H groups in total. The van der Waals surface area contributed by atoms with Crippen molar-refractivity contribution < 1.29 is 9.90 Å². The molecule has 1 aromatic rings. The van der Waals surface area contributed by atoms with E-state index in [9.17, 15) is 4.79 Å². The number of thioether (sulfide) groups is 1. The van der Waals surface area contributed by atoms with Crippen molar-refractivity contribution in [3.8, 4) is 0 Å². The summed E-state index contributed by atoms with van der Waals surface area (Å²) < 4.78 is 0.367. The summed E-state index contributed by atoms with van der Waals surface area (Å²) in [5, 5.41) is 12.1. The van der Waals surface area contributed by atoms with Crippen LogP contribution in [0.15, 0.2) is 18.3 Å². The van der Waals surface area contributed by atoms with Gasteiger partial charge in [0.15, 0.2) is 0 Å². The maximum Gasteiger partial charge on any atom is 0.354 e. The fourth-order valence-corrected chi connectivity index (χ4v) is 2.83. The highest BCUT2D eigenvalue weighted by atomic mass is 32.2. The summed E-state index contributed by atoms with van der Waals surface area (Å²) in [5.41, 5.74) is 0.967. The van der Waals surface area contributed by atoms with E-state index in [4.69, 9.17) is 5.11 Å². The van der Waals surface area contributed by atoms with Crippen LogP contribution in [0.1, 0.15) is 29.8 Å². The molecular weight excluding hydrogens is 236 g/mol. The third-order valence-electron chi connectivity index (χ3n) is 3.30. The molecular formula is C12H16N2O2S. The molecule has 1 saturated carbocycles. The molecule has 1 aromatic heterocycles. The van der Waals surface area contributed by atoms with Gasteiger partial charge in [0.05, 0.1) is 11.9 Å². The highest BCUT2D eigenvalue weighted by Crippen LogP contribution is 2.42. The number of hydrogen-bond acceptors (Lipinski definition) is 4. The van der Waals surface area contributed by atoms with Crippen LogP contribution < -0.4 is 5.32 Å². The lowest BCUT2D eigenvalue weighted by Gasteiger charge is -2.40. The van der Waals surface area contributed by atoms with E-state index in [1.54, 1.807) is 12.3 Å². The molecule has 1 aliphatic rings. The normalized spacial score (nSPS) is 17.2. The summed E-state index contributed by atoms with van der Waals surface area (Å²) in [6.07, 6.45) is 7.53. The molecule has 4 nitrogen and oxygen atoms in total. The molecule has 92 valence electrons. The molecule has 0 aromatic carbocycles. The Morgan fingerprint density at radius 2 is 2.35 bits per heavy atom. The van der Waals surface area contributed by atoms with Crippen LogP contribution in [0, 0.1) is 0 Å². The van der Waals surface area contributed by atoms with Gasteiger partial charge in [-0.2, -0.15) is 11.8 Å². The summed E-state index contributed by atoms with van der Waals surface area (Å²) in [6, 6.07) is 3.29. The van der Waals surface area contributed by atoms with Gasteiger partial charge in [0.25, 0.3) is 0 Å². The maximum atomic E-state index is 10.6. The van der Waals surface area contributed by atoms with Gasteiger partial charge in [-0.3, -0.25) is 0 Å². The smallest absolute Gasteiger partial charge is 0.354 e. The molecule has 5 heteroatoms. The number of rotatable bonds is 5. The van der Waals surface area contributed by atoms with E-state index < -0.39 is 5.97 Å². The number of nitrogens with zero attached hydrogens (tertiary/aromatic N) is 1. The van der Waals surface area contributed by atoms with Crippen molar-refractivity contribution in [1.29, 1.82) is 0 Å². The number of carboxylic acid groups (broad SMARTS) is 1. The molecule has 0 unspecified atom stereocenters. The van der Waals surface area contributed by atoms with E-state index in [-0.39, 0.29) is 5.69 Å². The molecule has 17 heavy (non-hydrogen) atoms. The highest BCUT2D eigenvalue weighted by Gasteiger charge is 2.35. The first kappa shape index (κ1) is 12.2. The number of nitrogens with one attached hydrogen (secondary N) is 1. The number of carbonyl (C=O) groups is 1. The first-order valence-electron chi connectivity index (χ1n) is 5.64. The van der Waals surface area contributed by atoms with Crippen LogP contribution in [0.2, 0.25) is 0 Å². The molecule has 0 atom stereocenters. The SMILES string of the molecule is CSC1(CNc2ccc(C(=O)O)nc2)CCC1. The summed E-state index contributed by atoms with van der Waals surface area (Å²) >= 11 is 1.91. The monoisotopic (exact) mass is 252 g/mol. The molecule has 0 saturated heterocycles. The summed E-state index contributed by atoms with van der Waals surface area (Å²) in [4.78, 5) is 14.5. The molecule has 1 heterocycles. The Morgan fingerprint density at radius 1 is 1.59 bits per heavy atom. The second-order valence-electron chi connectivity index (χ2n) is 4.33. The third-order valence-corrected chi connectivity index (χ3v) is 4.71. The molecule has 0 bridgehead atoms. The Bertz CT molecular complexity index is 396. The van der Waals surface area contributed by atoms with E-state index in [0.717, 1.165) is 12.2 Å². The molecule has 1 fully saturated rings. The van der Waals surface area contributed by atoms with Crippen molar-refractivity contribution >= 4 is 23.4 Å². The summed E-state index contributed by atoms with van der Waals surface area (Å²) in [7, 11) is 0. The number of hydrogen-bond donors (Lipinski definition) is 2. The Balaban J connectivity index is 1.93. The molecule has 0 aliphatic heterocycles. The van der Waals surface area contributed by atoms with Gasteiger partial charge >= 0.3 is 5.97 Å². The Labute approximate surface area is 105 Å². The van der Waals surface area contributed by atoms with Crippen LogP contribution in [0.4, 0.5) is 5.69 Å². The number of anilines is 1. The van der Waals surface area contributed by atoms with Gasteiger partial charge in [-0.25, -0.2) is 9.78 Å². The topological polar surface area (TPSA) is 62.2 Å². The fraction of sp³-hybridized carbons (Fsp3) is 0.500. The van der Waals surface area contributed by atoms with Crippen molar-refractivity contribution in [2.75, 3.05) is 18.1 Å². The zero-order chi connectivity index (χ0) is 12.3. The fourth-order valence-electron chi connectivity index (χ4n) is 1.91. The van der Waals surface area contributed by atoms with E-state index >= 15 is 0 Å². The molecule has 2 rings (SSSR count). The van der Waals surface area contributed by atoms with Crippen LogP contribution >= 0.6 is 11.8 Å². The van der Waals surface area contributed by atoms with Gasteiger partial charge < -0.3 is 10.4 Å². The maximum absolute atomic E-state index is 10.6. The van der Waals surface area contributed by atoms with Crippen molar-refractivity contribution in [2.24, 2.45) is 0 Å². The van der Waals surface area contributed by atoms with Crippen LogP contribution in [-0.4, -0.2) is 33.6 Å². The van der Waals surface area contributed by atoms with Gasteiger partial charge in [-0.1, -0.05) is 6.42 Å². The average Bonchev–Trinajstić information content (AvgIpc) is 2.29. The number of aromatic carboxylic acids is 1. The number of carboxylic acids is 1. The van der Waals surface area contributed by atoms with Crippen molar-refractivity contribution in [2.45, 2.75) is 24.0 Å². The predicted octanol–water partition coefficient (Wildman–Crippen LogP) is 2.48. The average molecular weight is 252 g/mol. The molecule has 1 aliphatic carbocycles. The van der Waals surface area contributed by atoms with Crippen molar-refractivity contribution in [3.05, 3.63) is 24.0 Å². The molecule has 0 radical (unpaired) electrons. The molecule has 0 spiro atoms. The minimum Gasteiger partial charge on any atom is -0.477 e. The Hall–Kier alpha value is -1.23. The third kappa shape index (κ3) is 2.72. The van der Waals surface area contributed by atoms with E-state index in [1.807, 2.05) is 11.8 Å². The lowest BCUT2D eigenvalue weighted by Crippen LogP contribution is -2.40. The lowest BCUT2D eigenvalue weighted by atomic mass is 9.84. The van der Waals surface area contributed by atoms with Crippen LogP contribution in [0.25, 0.3) is 0 Å². The van der Waals surface area contributed by atoms with Gasteiger partial charge in [-0.15, -0.1) is 0 Å². The minimum atomic E-state index is -0.990. The van der Waals surface area contributed by atoms with E-state index in [1.165, 1.54) is 25.3 Å². The van der Waals surface area contributed by atoms with Crippen LogP contribution in [0.5, 0.6) is 0 Å². The Morgan fingerprint density at radius 3 is 2.76 bits per heavy atom. The second kappa shape index (κ2) is 4.96. The lowest BCUT2D eigenvalue weighted by molar-refractivity contribution is 0.0690. The summed E-state index contributed by atoms with van der Waals surface area (Å²) in [5.74, 6) is -0.990. The standard InChI is InChI=1S/C12H16N2O2S/c1-17-12(5-2-6-12)8-14-9-3-4-10(11(15)16)13-7-9/h3-4,7,14H,2,5-6,8H2,1H3,(H,15,16). The zero-order valence-electron chi connectivity index (χ0n) is 9.77. The highest BCUT2D eigenvalue weighted by molar-refractivity contribution is 8.00. The van der Waals surface area contributed by atoms with Crippen LogP contribution in [0.3, 0.4) is 0 Å². The van der Waals surface area contributed by atoms with Gasteiger partial charge in [0.1, 0.15) is 5.69 Å². The number of aromatic nitrogens is 1. The molecule has 0 amide bonds. The quantitative estimate of drug-likeness (QED) is 0.843. The van der Waals surface area contributed by atoms with E-state index in [0.29, 0.717) is 4.75 Å². The van der Waals surface area contributed by atoms with Gasteiger partial charge in [0.2, 0.25) is 0 Å². The summed E-state index contributed by atoms with van der Waals surface area (Å²) in [6.45, 7) is 0.919. The van der Waals surface area contributed by atoms with Gasteiger partial charge in [0, 0.05) is 11.3 Å². The first-order valence-corrected chi connectivity index (χ1v) is 6.86. The predicted molar refractivity (Wildman–Crippen MR) is 69.8 cm³/mol.